The maximum Gasteiger partial charge on any atom is 0.279 e. The number of hydrogen-bond acceptors (Lipinski definition) is 6. The van der Waals surface area contributed by atoms with Gasteiger partial charge in [-0.2, -0.15) is 4.99 Å². The molecule has 0 saturated carbocycles. The van der Waals surface area contributed by atoms with Gasteiger partial charge in [0.2, 0.25) is 0 Å². The number of carbonyl (C=O) groups is 1. The fourth-order valence-corrected chi connectivity index (χ4v) is 6.15. The molecule has 184 valence electrons. The van der Waals surface area contributed by atoms with E-state index in [2.05, 4.69) is 15.6 Å². The highest BCUT2D eigenvalue weighted by molar-refractivity contribution is 7.92. The Hall–Kier alpha value is -3.79. The Balaban J connectivity index is 1.70. The van der Waals surface area contributed by atoms with Crippen LogP contribution in [0.25, 0.3) is 10.2 Å². The number of sulfone groups is 1. The van der Waals surface area contributed by atoms with Crippen molar-refractivity contribution in [2.75, 3.05) is 11.0 Å². The zero-order valence-corrected chi connectivity index (χ0v) is 21.1. The summed E-state index contributed by atoms with van der Waals surface area (Å²) in [6.45, 7) is 0.0991. The lowest BCUT2D eigenvalue weighted by atomic mass is 10.2. The average molecular weight is 544 g/mol. The Morgan fingerprint density at radius 2 is 1.75 bits per heavy atom. The summed E-state index contributed by atoms with van der Waals surface area (Å²) in [4.78, 5) is 17.4. The number of nitrogens with zero attached hydrogens (tertiary/aromatic N) is 2. The number of terminal acetylenes is 1. The SMILES string of the molecule is C#CCn1c(=NC(=O)c2cccc(NS(=O)(=O)c3ccc(F)cc3)c2)sc2cc(S(C)(=O)=O)ccc21. The zero-order chi connectivity index (χ0) is 26.1. The lowest BCUT2D eigenvalue weighted by Crippen LogP contribution is -2.17. The Morgan fingerprint density at radius 3 is 2.42 bits per heavy atom. The number of anilines is 1. The third kappa shape index (κ3) is 5.38. The Kier molecular flexibility index (Phi) is 6.81. The first-order valence-electron chi connectivity index (χ1n) is 10.2. The van der Waals surface area contributed by atoms with Crippen molar-refractivity contribution >= 4 is 53.0 Å². The van der Waals surface area contributed by atoms with Gasteiger partial charge in [0.1, 0.15) is 5.82 Å². The first-order chi connectivity index (χ1) is 17.0. The molecule has 0 atom stereocenters. The molecular formula is C24H18FN3O5S3. The molecule has 1 heterocycles. The quantitative estimate of drug-likeness (QED) is 0.374. The highest BCUT2D eigenvalue weighted by Gasteiger charge is 2.16. The van der Waals surface area contributed by atoms with Crippen LogP contribution in [0.2, 0.25) is 0 Å². The van der Waals surface area contributed by atoms with E-state index in [1.54, 1.807) is 10.6 Å². The van der Waals surface area contributed by atoms with Crippen LogP contribution in [0.5, 0.6) is 0 Å². The number of hydrogen-bond donors (Lipinski definition) is 1. The first-order valence-corrected chi connectivity index (χ1v) is 14.4. The normalized spacial score (nSPS) is 12.4. The number of aromatic nitrogens is 1. The molecule has 0 bridgehead atoms. The number of amides is 1. The van der Waals surface area contributed by atoms with Crippen molar-refractivity contribution in [1.82, 2.24) is 4.57 Å². The molecule has 1 N–H and O–H groups in total. The summed E-state index contributed by atoms with van der Waals surface area (Å²) in [6.07, 6.45) is 6.58. The van der Waals surface area contributed by atoms with Crippen molar-refractivity contribution < 1.29 is 26.0 Å². The molecule has 8 nitrogen and oxygen atoms in total. The van der Waals surface area contributed by atoms with E-state index in [-0.39, 0.29) is 32.4 Å². The fraction of sp³-hybridized carbons (Fsp3) is 0.0833. The smallest absolute Gasteiger partial charge is 0.279 e. The number of benzene rings is 3. The maximum absolute atomic E-state index is 13.1. The lowest BCUT2D eigenvalue weighted by Gasteiger charge is -2.08. The van der Waals surface area contributed by atoms with Crippen LogP contribution in [0.3, 0.4) is 0 Å². The predicted octanol–water partition coefficient (Wildman–Crippen LogP) is 3.42. The molecule has 0 aliphatic heterocycles. The van der Waals surface area contributed by atoms with Gasteiger partial charge in [-0.3, -0.25) is 9.52 Å². The molecule has 4 rings (SSSR count). The van der Waals surface area contributed by atoms with Gasteiger partial charge >= 0.3 is 0 Å². The van der Waals surface area contributed by atoms with Gasteiger partial charge in [-0.1, -0.05) is 23.3 Å². The average Bonchev–Trinajstić information content (AvgIpc) is 3.15. The second kappa shape index (κ2) is 9.69. The molecule has 0 unspecified atom stereocenters. The van der Waals surface area contributed by atoms with Crippen molar-refractivity contribution in [1.29, 1.82) is 0 Å². The highest BCUT2D eigenvalue weighted by Crippen LogP contribution is 2.22. The van der Waals surface area contributed by atoms with Gasteiger partial charge in [0, 0.05) is 17.5 Å². The summed E-state index contributed by atoms with van der Waals surface area (Å²) in [5, 5.41) is 0. The van der Waals surface area contributed by atoms with Crippen molar-refractivity contribution in [2.24, 2.45) is 4.99 Å². The molecule has 0 saturated heterocycles. The summed E-state index contributed by atoms with van der Waals surface area (Å²) in [5.41, 5.74) is 0.847. The minimum Gasteiger partial charge on any atom is -0.305 e. The van der Waals surface area contributed by atoms with Crippen molar-refractivity contribution in [3.63, 3.8) is 0 Å². The van der Waals surface area contributed by atoms with E-state index in [0.717, 1.165) is 41.9 Å². The van der Waals surface area contributed by atoms with E-state index in [1.165, 1.54) is 36.4 Å². The van der Waals surface area contributed by atoms with Gasteiger partial charge < -0.3 is 4.57 Å². The predicted molar refractivity (Wildman–Crippen MR) is 135 cm³/mol. The second-order valence-electron chi connectivity index (χ2n) is 7.63. The van der Waals surface area contributed by atoms with Gasteiger partial charge in [-0.15, -0.1) is 6.42 Å². The van der Waals surface area contributed by atoms with E-state index in [1.807, 2.05) is 0 Å². The number of thiazole rings is 1. The molecule has 3 aromatic carbocycles. The minimum atomic E-state index is -4.01. The molecule has 12 heteroatoms. The van der Waals surface area contributed by atoms with Crippen LogP contribution in [-0.4, -0.2) is 33.6 Å². The molecule has 0 aliphatic carbocycles. The number of rotatable bonds is 6. The molecule has 1 aromatic heterocycles. The van der Waals surface area contributed by atoms with Crippen LogP contribution in [0, 0.1) is 18.2 Å². The molecule has 1 amide bonds. The summed E-state index contributed by atoms with van der Waals surface area (Å²) in [5.74, 6) is 1.27. The van der Waals surface area contributed by atoms with Crippen LogP contribution in [0.1, 0.15) is 10.4 Å². The van der Waals surface area contributed by atoms with Gasteiger partial charge in [0.15, 0.2) is 14.6 Å². The van der Waals surface area contributed by atoms with Crippen molar-refractivity contribution in [3.8, 4) is 12.3 Å². The van der Waals surface area contributed by atoms with Crippen LogP contribution in [0.15, 0.2) is 81.5 Å². The molecule has 36 heavy (non-hydrogen) atoms. The van der Waals surface area contributed by atoms with Crippen LogP contribution in [0.4, 0.5) is 10.1 Å². The summed E-state index contributed by atoms with van der Waals surface area (Å²) < 4.78 is 66.7. The lowest BCUT2D eigenvalue weighted by molar-refractivity contribution is 0.0998. The Labute approximate surface area is 210 Å². The summed E-state index contributed by atoms with van der Waals surface area (Å²) >= 11 is 1.10. The van der Waals surface area contributed by atoms with Gasteiger partial charge in [0.25, 0.3) is 15.9 Å². The largest absolute Gasteiger partial charge is 0.305 e. The van der Waals surface area contributed by atoms with E-state index in [4.69, 9.17) is 6.42 Å². The maximum atomic E-state index is 13.1. The van der Waals surface area contributed by atoms with Crippen molar-refractivity contribution in [3.05, 3.63) is 82.9 Å². The van der Waals surface area contributed by atoms with Crippen molar-refractivity contribution in [2.45, 2.75) is 16.3 Å². The summed E-state index contributed by atoms with van der Waals surface area (Å²) in [6, 6.07) is 14.6. The topological polar surface area (TPSA) is 115 Å². The first kappa shape index (κ1) is 25.3. The molecule has 0 radical (unpaired) electrons. The van der Waals surface area contributed by atoms with Crippen LogP contribution < -0.4 is 9.52 Å². The fourth-order valence-electron chi connectivity index (χ4n) is 3.31. The second-order valence-corrected chi connectivity index (χ2v) is 12.3. The number of carbonyl (C=O) groups excluding carboxylic acids is 1. The number of sulfonamides is 1. The van der Waals surface area contributed by atoms with Crippen LogP contribution >= 0.6 is 11.3 Å². The number of nitrogens with one attached hydrogen (secondary N) is 1. The molecular weight excluding hydrogens is 525 g/mol. The van der Waals surface area contributed by atoms with E-state index in [9.17, 15) is 26.0 Å². The third-order valence-electron chi connectivity index (χ3n) is 5.01. The van der Waals surface area contributed by atoms with Crippen LogP contribution in [-0.2, 0) is 26.4 Å². The molecule has 0 aliphatic rings. The zero-order valence-electron chi connectivity index (χ0n) is 18.7. The molecule has 0 spiro atoms. The minimum absolute atomic E-state index is 0.0991. The van der Waals surface area contributed by atoms with Gasteiger partial charge in [-0.05, 0) is 60.7 Å². The third-order valence-corrected chi connectivity index (χ3v) is 8.56. The summed E-state index contributed by atoms with van der Waals surface area (Å²) in [7, 11) is -7.44. The monoisotopic (exact) mass is 543 g/mol. The number of halogens is 1. The van der Waals surface area contributed by atoms with E-state index < -0.39 is 31.6 Å². The highest BCUT2D eigenvalue weighted by atomic mass is 32.2. The number of fused-ring (bicyclic) bond motifs is 1. The van der Waals surface area contributed by atoms with E-state index in [0.29, 0.717) is 10.2 Å². The van der Waals surface area contributed by atoms with Gasteiger partial charge in [0.05, 0.1) is 26.6 Å². The molecule has 4 aromatic rings. The molecule has 0 fully saturated rings. The van der Waals surface area contributed by atoms with Gasteiger partial charge in [-0.25, -0.2) is 21.2 Å². The Bertz CT molecular complexity index is 1820. The Morgan fingerprint density at radius 1 is 1.06 bits per heavy atom. The standard InChI is InChI=1S/C24H18FN3O5S3/c1-3-13-28-21-12-11-20(35(2,30)31)15-22(21)34-24(28)26-23(29)16-5-4-6-18(14-16)27-36(32,33)19-9-7-17(25)8-10-19/h1,4-12,14-15,27H,13H2,2H3. The van der Waals surface area contributed by atoms with E-state index >= 15 is 0 Å².